The van der Waals surface area contributed by atoms with E-state index in [1.165, 1.54) is 30.3 Å². The number of halogens is 2. The predicted molar refractivity (Wildman–Crippen MR) is 94.0 cm³/mol. The summed E-state index contributed by atoms with van der Waals surface area (Å²) in [6, 6.07) is 7.63. The second-order valence-corrected chi connectivity index (χ2v) is 10.1. The number of rotatable bonds is 5. The number of hydrogen-bond acceptors (Lipinski definition) is 6. The molecule has 0 aromatic heterocycles. The minimum Gasteiger partial charge on any atom is -0.456 e. The Bertz CT molecular complexity index is 1040. The Balaban J connectivity index is 2.52. The lowest BCUT2D eigenvalue weighted by atomic mass is 10.1. The van der Waals surface area contributed by atoms with Crippen LogP contribution in [-0.4, -0.2) is 28.3 Å². The van der Waals surface area contributed by atoms with Crippen molar-refractivity contribution in [2.75, 3.05) is 6.26 Å². The van der Waals surface area contributed by atoms with Crippen LogP contribution in [0.25, 0.3) is 0 Å². The van der Waals surface area contributed by atoms with E-state index in [2.05, 4.69) is 0 Å². The predicted octanol–water partition coefficient (Wildman–Crippen LogP) is 3.50. The van der Waals surface area contributed by atoms with Crippen molar-refractivity contribution in [2.45, 2.75) is 16.7 Å². The highest BCUT2D eigenvalue weighted by Crippen LogP contribution is 2.33. The van der Waals surface area contributed by atoms with Gasteiger partial charge in [-0.25, -0.2) is 16.8 Å². The third-order valence-corrected chi connectivity index (χ3v) is 5.93. The number of benzene rings is 2. The summed E-state index contributed by atoms with van der Waals surface area (Å²) in [5.41, 5.74) is 0.486. The second kappa shape index (κ2) is 6.95. The molecule has 0 amide bonds. The van der Waals surface area contributed by atoms with Gasteiger partial charge in [0.05, 0.1) is 4.90 Å². The summed E-state index contributed by atoms with van der Waals surface area (Å²) in [5, 5.41) is -0.786. The molecule has 0 bridgehead atoms. The third kappa shape index (κ3) is 4.72. The lowest BCUT2D eigenvalue weighted by molar-refractivity contribution is 0.108. The average Bonchev–Trinajstić information content (AvgIpc) is 2.45. The third-order valence-electron chi connectivity index (χ3n) is 3.24. The van der Waals surface area contributed by atoms with Crippen LogP contribution in [0.3, 0.4) is 0 Å². The summed E-state index contributed by atoms with van der Waals surface area (Å²) >= 11 is 5.46. The fourth-order valence-electron chi connectivity index (χ4n) is 2.04. The minimum absolute atomic E-state index is 0.0110. The Hall–Kier alpha value is -1.61. The summed E-state index contributed by atoms with van der Waals surface area (Å²) < 4.78 is 52.0. The van der Waals surface area contributed by atoms with Gasteiger partial charge in [0, 0.05) is 22.5 Å². The van der Waals surface area contributed by atoms with Crippen LogP contribution in [0.1, 0.15) is 15.9 Å². The molecule has 0 N–H and O–H groups in total. The first kappa shape index (κ1) is 19.7. The van der Waals surface area contributed by atoms with Gasteiger partial charge in [0.1, 0.15) is 16.4 Å². The SMILES string of the molecule is Cc1cc(Oc2ccc(S(=O)(=O)Cl)cc2)c(S(C)(=O)=O)cc1C(=O)Cl. The average molecular weight is 423 g/mol. The molecule has 0 aliphatic heterocycles. The molecule has 10 heteroatoms. The number of carbonyl (C=O) groups is 1. The van der Waals surface area contributed by atoms with Crippen molar-refractivity contribution in [1.82, 2.24) is 0 Å². The van der Waals surface area contributed by atoms with Crippen molar-refractivity contribution in [3.8, 4) is 11.5 Å². The molecular formula is C15H12Cl2O6S2. The number of sulfone groups is 1. The van der Waals surface area contributed by atoms with Gasteiger partial charge >= 0.3 is 0 Å². The molecule has 0 saturated carbocycles. The molecule has 0 saturated heterocycles. The summed E-state index contributed by atoms with van der Waals surface area (Å²) in [7, 11) is -2.36. The molecule has 2 aromatic carbocycles. The molecule has 0 aliphatic rings. The van der Waals surface area contributed by atoms with Crippen molar-refractivity contribution < 1.29 is 26.4 Å². The quantitative estimate of drug-likeness (QED) is 0.684. The summed E-state index contributed by atoms with van der Waals surface area (Å²) in [6.45, 7) is 1.58. The molecule has 0 aliphatic carbocycles. The van der Waals surface area contributed by atoms with Gasteiger partial charge < -0.3 is 4.74 Å². The van der Waals surface area contributed by atoms with Gasteiger partial charge in [-0.15, -0.1) is 0 Å². The van der Waals surface area contributed by atoms with E-state index in [1.54, 1.807) is 6.92 Å². The van der Waals surface area contributed by atoms with E-state index in [0.29, 0.717) is 5.56 Å². The van der Waals surface area contributed by atoms with Crippen molar-refractivity contribution >= 4 is 46.4 Å². The first-order valence-electron chi connectivity index (χ1n) is 6.66. The largest absolute Gasteiger partial charge is 0.456 e. The van der Waals surface area contributed by atoms with Gasteiger partial charge in [0.25, 0.3) is 14.3 Å². The molecule has 134 valence electrons. The van der Waals surface area contributed by atoms with Crippen LogP contribution in [0.4, 0.5) is 0 Å². The molecule has 2 rings (SSSR count). The van der Waals surface area contributed by atoms with Crippen LogP contribution in [0.2, 0.25) is 0 Å². The van der Waals surface area contributed by atoms with Gasteiger partial charge in [-0.2, -0.15) is 0 Å². The van der Waals surface area contributed by atoms with E-state index in [4.69, 9.17) is 27.0 Å². The van der Waals surface area contributed by atoms with Crippen LogP contribution < -0.4 is 4.74 Å². The molecular weight excluding hydrogens is 411 g/mol. The van der Waals surface area contributed by atoms with Gasteiger partial charge in [-0.05, 0) is 60.5 Å². The topological polar surface area (TPSA) is 94.6 Å². The highest BCUT2D eigenvalue weighted by Gasteiger charge is 2.20. The van der Waals surface area contributed by atoms with Gasteiger partial charge in [-0.1, -0.05) is 0 Å². The molecule has 2 aromatic rings. The van der Waals surface area contributed by atoms with Crippen LogP contribution >= 0.6 is 22.3 Å². The van der Waals surface area contributed by atoms with E-state index >= 15 is 0 Å². The van der Waals surface area contributed by atoms with Gasteiger partial charge in [-0.3, -0.25) is 4.79 Å². The standard InChI is InChI=1S/C15H12Cl2O6S2/c1-9-7-13(14(24(2,19)20)8-12(9)15(16)18)23-10-3-5-11(6-4-10)25(17,21)22/h3-8H,1-2H3. The molecule has 0 spiro atoms. The lowest BCUT2D eigenvalue weighted by Gasteiger charge is -2.13. The highest BCUT2D eigenvalue weighted by atomic mass is 35.7. The molecule has 6 nitrogen and oxygen atoms in total. The molecule has 25 heavy (non-hydrogen) atoms. The smallest absolute Gasteiger partial charge is 0.261 e. The molecule has 0 fully saturated rings. The maximum atomic E-state index is 12.0. The van der Waals surface area contributed by atoms with E-state index in [9.17, 15) is 21.6 Å². The molecule has 0 atom stereocenters. The second-order valence-electron chi connectivity index (χ2n) is 5.17. The Morgan fingerprint density at radius 3 is 2.04 bits per heavy atom. The highest BCUT2D eigenvalue weighted by molar-refractivity contribution is 8.13. The van der Waals surface area contributed by atoms with Crippen LogP contribution in [0.15, 0.2) is 46.2 Å². The molecule has 0 heterocycles. The number of ether oxygens (including phenoxy) is 1. The Morgan fingerprint density at radius 1 is 1.04 bits per heavy atom. The van der Waals surface area contributed by atoms with Crippen molar-refractivity contribution in [1.29, 1.82) is 0 Å². The first-order chi connectivity index (χ1) is 11.4. The first-order valence-corrected chi connectivity index (χ1v) is 11.2. The van der Waals surface area contributed by atoms with Crippen LogP contribution in [0.5, 0.6) is 11.5 Å². The van der Waals surface area contributed by atoms with E-state index < -0.39 is 24.1 Å². The van der Waals surface area contributed by atoms with E-state index in [-0.39, 0.29) is 26.9 Å². The summed E-state index contributed by atoms with van der Waals surface area (Å²) in [5.74, 6) is 0.182. The van der Waals surface area contributed by atoms with Gasteiger partial charge in [0.15, 0.2) is 9.84 Å². The fraction of sp³-hybridized carbons (Fsp3) is 0.133. The van der Waals surface area contributed by atoms with Gasteiger partial charge in [0.2, 0.25) is 0 Å². The van der Waals surface area contributed by atoms with Crippen molar-refractivity contribution in [3.05, 3.63) is 47.5 Å². The number of aryl methyl sites for hydroxylation is 1. The Labute approximate surface area is 154 Å². The fourth-order valence-corrected chi connectivity index (χ4v) is 3.81. The molecule has 0 unspecified atom stereocenters. The van der Waals surface area contributed by atoms with E-state index in [0.717, 1.165) is 12.3 Å². The number of carbonyl (C=O) groups excluding carboxylic acids is 1. The van der Waals surface area contributed by atoms with E-state index in [1.807, 2.05) is 0 Å². The normalized spacial score (nSPS) is 12.0. The zero-order valence-corrected chi connectivity index (χ0v) is 16.1. The summed E-state index contributed by atoms with van der Waals surface area (Å²) in [6.07, 6.45) is 0.968. The Kier molecular flexibility index (Phi) is 5.48. The maximum Gasteiger partial charge on any atom is 0.261 e. The lowest BCUT2D eigenvalue weighted by Crippen LogP contribution is -2.04. The maximum absolute atomic E-state index is 12.0. The zero-order chi connectivity index (χ0) is 19.0. The minimum atomic E-state index is -3.88. The number of hydrogen-bond donors (Lipinski definition) is 0. The Morgan fingerprint density at radius 2 is 1.60 bits per heavy atom. The van der Waals surface area contributed by atoms with Crippen LogP contribution in [-0.2, 0) is 18.9 Å². The van der Waals surface area contributed by atoms with Crippen LogP contribution in [0, 0.1) is 6.92 Å². The molecule has 0 radical (unpaired) electrons. The summed E-state index contributed by atoms with van der Waals surface area (Å²) in [4.78, 5) is 11.1. The zero-order valence-electron chi connectivity index (χ0n) is 13.0. The monoisotopic (exact) mass is 422 g/mol. The van der Waals surface area contributed by atoms with Crippen molar-refractivity contribution in [3.63, 3.8) is 0 Å². The van der Waals surface area contributed by atoms with Crippen molar-refractivity contribution in [2.24, 2.45) is 0 Å².